The van der Waals surface area contributed by atoms with Crippen LogP contribution >= 0.6 is 11.8 Å². The summed E-state index contributed by atoms with van der Waals surface area (Å²) < 4.78 is 11.2. The summed E-state index contributed by atoms with van der Waals surface area (Å²) in [6, 6.07) is 24.4. The molecule has 0 radical (unpaired) electrons. The predicted octanol–water partition coefficient (Wildman–Crippen LogP) is 5.69. The summed E-state index contributed by atoms with van der Waals surface area (Å²) in [5.41, 5.74) is 4.53. The molecule has 0 saturated heterocycles. The maximum Gasteiger partial charge on any atom is 0.333 e. The van der Waals surface area contributed by atoms with Crippen molar-refractivity contribution in [1.82, 2.24) is 0 Å². The smallest absolute Gasteiger partial charge is 0.333 e. The number of carboxylic acids is 1. The molecule has 1 aliphatic heterocycles. The number of ether oxygens (including phenoxy) is 2. The second-order valence-electron chi connectivity index (χ2n) is 7.15. The van der Waals surface area contributed by atoms with Crippen LogP contribution in [0.25, 0.3) is 5.57 Å². The molecule has 4 nitrogen and oxygen atoms in total. The lowest BCUT2D eigenvalue weighted by atomic mass is 9.97. The molecule has 1 unspecified atom stereocenters. The van der Waals surface area contributed by atoms with Gasteiger partial charge in [0, 0.05) is 22.8 Å². The van der Waals surface area contributed by atoms with Gasteiger partial charge in [-0.3, -0.25) is 0 Å². The van der Waals surface area contributed by atoms with Crippen molar-refractivity contribution in [3.05, 3.63) is 95.6 Å². The van der Waals surface area contributed by atoms with E-state index in [1.165, 1.54) is 26.5 Å². The van der Waals surface area contributed by atoms with E-state index in [4.69, 9.17) is 9.47 Å². The summed E-state index contributed by atoms with van der Waals surface area (Å²) in [5.74, 6) is -0.198. The minimum atomic E-state index is -0.944. The fourth-order valence-corrected chi connectivity index (χ4v) is 4.72. The Kier molecular flexibility index (Phi) is 6.75. The van der Waals surface area contributed by atoms with Crippen molar-refractivity contribution in [2.24, 2.45) is 0 Å². The molecule has 1 N–H and O–H groups in total. The van der Waals surface area contributed by atoms with Gasteiger partial charge in [0.1, 0.15) is 12.4 Å². The molecule has 158 valence electrons. The van der Waals surface area contributed by atoms with E-state index >= 15 is 0 Å². The molecule has 0 fully saturated rings. The van der Waals surface area contributed by atoms with E-state index < -0.39 is 12.1 Å². The van der Waals surface area contributed by atoms with Crippen LogP contribution in [0.4, 0.5) is 0 Å². The quantitative estimate of drug-likeness (QED) is 0.387. The van der Waals surface area contributed by atoms with Gasteiger partial charge in [-0.25, -0.2) is 4.79 Å². The zero-order valence-electron chi connectivity index (χ0n) is 17.3. The van der Waals surface area contributed by atoms with Gasteiger partial charge in [0.2, 0.25) is 0 Å². The Morgan fingerprint density at radius 1 is 0.968 bits per heavy atom. The topological polar surface area (TPSA) is 55.8 Å². The normalized spacial score (nSPS) is 13.1. The van der Waals surface area contributed by atoms with Crippen molar-refractivity contribution in [3.8, 4) is 5.75 Å². The van der Waals surface area contributed by atoms with Gasteiger partial charge in [-0.1, -0.05) is 60.3 Å². The molecule has 0 spiro atoms. The van der Waals surface area contributed by atoms with E-state index in [1.807, 2.05) is 24.3 Å². The van der Waals surface area contributed by atoms with Gasteiger partial charge in [-0.2, -0.15) is 0 Å². The van der Waals surface area contributed by atoms with Crippen LogP contribution in [-0.4, -0.2) is 30.4 Å². The number of hydrogen-bond donors (Lipinski definition) is 1. The van der Waals surface area contributed by atoms with Crippen molar-refractivity contribution in [3.63, 3.8) is 0 Å². The fourth-order valence-electron chi connectivity index (χ4n) is 3.62. The van der Waals surface area contributed by atoms with E-state index in [0.29, 0.717) is 19.6 Å². The number of benzene rings is 3. The van der Waals surface area contributed by atoms with Gasteiger partial charge in [0.05, 0.1) is 0 Å². The van der Waals surface area contributed by atoms with Gasteiger partial charge >= 0.3 is 5.97 Å². The Morgan fingerprint density at radius 2 is 1.58 bits per heavy atom. The van der Waals surface area contributed by atoms with Crippen molar-refractivity contribution < 1.29 is 19.4 Å². The van der Waals surface area contributed by atoms with Gasteiger partial charge < -0.3 is 14.6 Å². The zero-order chi connectivity index (χ0) is 21.6. The molecular formula is C26H24O4S. The van der Waals surface area contributed by atoms with Crippen molar-refractivity contribution in [1.29, 1.82) is 0 Å². The summed E-state index contributed by atoms with van der Waals surface area (Å²) in [6.45, 7) is 2.61. The first-order valence-electron chi connectivity index (χ1n) is 10.3. The van der Waals surface area contributed by atoms with Crippen molar-refractivity contribution in [2.75, 3.05) is 13.2 Å². The Hall–Kier alpha value is -3.02. The Morgan fingerprint density at radius 3 is 2.16 bits per heavy atom. The van der Waals surface area contributed by atoms with E-state index in [2.05, 4.69) is 54.6 Å². The summed E-state index contributed by atoms with van der Waals surface area (Å²) in [5, 5.41) is 9.24. The molecule has 0 aromatic heterocycles. The van der Waals surface area contributed by atoms with Gasteiger partial charge in [0.15, 0.2) is 6.10 Å². The van der Waals surface area contributed by atoms with Crippen LogP contribution in [0.1, 0.15) is 23.6 Å². The minimum Gasteiger partial charge on any atom is -0.490 e. The molecule has 3 aromatic rings. The molecule has 0 aliphatic carbocycles. The summed E-state index contributed by atoms with van der Waals surface area (Å²) in [4.78, 5) is 13.8. The molecule has 1 aliphatic rings. The first-order valence-corrected chi connectivity index (χ1v) is 11.1. The number of fused-ring (bicyclic) bond motifs is 2. The second-order valence-corrected chi connectivity index (χ2v) is 8.24. The largest absolute Gasteiger partial charge is 0.490 e. The van der Waals surface area contributed by atoms with E-state index in [1.54, 1.807) is 18.7 Å². The molecule has 3 aromatic carbocycles. The molecule has 4 rings (SSSR count). The van der Waals surface area contributed by atoms with Crippen molar-refractivity contribution >= 4 is 23.3 Å². The maximum absolute atomic E-state index is 11.3. The Bertz CT molecular complexity index is 1040. The Labute approximate surface area is 186 Å². The van der Waals surface area contributed by atoms with Gasteiger partial charge in [0.25, 0.3) is 0 Å². The monoisotopic (exact) mass is 432 g/mol. The second kappa shape index (κ2) is 9.86. The minimum absolute atomic E-state index is 0.332. The molecule has 0 bridgehead atoms. The third-order valence-electron chi connectivity index (χ3n) is 5.10. The highest BCUT2D eigenvalue weighted by Gasteiger charge is 2.20. The summed E-state index contributed by atoms with van der Waals surface area (Å²) >= 11 is 1.79. The van der Waals surface area contributed by atoms with E-state index in [-0.39, 0.29) is 0 Å². The molecule has 1 heterocycles. The molecule has 1 atom stereocenters. The molecule has 5 heteroatoms. The van der Waals surface area contributed by atoms with Gasteiger partial charge in [-0.05, 0) is 59.5 Å². The lowest BCUT2D eigenvalue weighted by molar-refractivity contribution is -0.149. The van der Waals surface area contributed by atoms with Crippen LogP contribution in [-0.2, 0) is 16.0 Å². The highest BCUT2D eigenvalue weighted by atomic mass is 32.2. The molecular weight excluding hydrogens is 408 g/mol. The van der Waals surface area contributed by atoms with E-state index in [9.17, 15) is 9.90 Å². The van der Waals surface area contributed by atoms with E-state index in [0.717, 1.165) is 11.3 Å². The summed E-state index contributed by atoms with van der Waals surface area (Å²) in [6.07, 6.45) is 1.63. The molecule has 0 amide bonds. The molecule has 0 saturated carbocycles. The standard InChI is InChI=1S/C26H24O4S/c1-2-29-23(26(27)28)17-18-11-13-19(14-12-18)30-16-15-20-21-7-3-5-9-24(21)31-25-10-6-4-8-22(20)25/h3-15,23H,2,16-17H2,1H3,(H,27,28). The van der Waals surface area contributed by atoms with Crippen LogP contribution in [0.3, 0.4) is 0 Å². The maximum atomic E-state index is 11.3. The fraction of sp³-hybridized carbons (Fsp3) is 0.192. The lowest BCUT2D eigenvalue weighted by Crippen LogP contribution is -2.26. The summed E-state index contributed by atoms with van der Waals surface area (Å²) in [7, 11) is 0. The first-order chi connectivity index (χ1) is 15.2. The zero-order valence-corrected chi connectivity index (χ0v) is 18.1. The average molecular weight is 433 g/mol. The number of rotatable bonds is 8. The van der Waals surface area contributed by atoms with Gasteiger partial charge in [-0.15, -0.1) is 0 Å². The van der Waals surface area contributed by atoms with Crippen LogP contribution in [0.15, 0.2) is 88.7 Å². The first kappa shape index (κ1) is 21.2. The molecule has 31 heavy (non-hydrogen) atoms. The highest BCUT2D eigenvalue weighted by Crippen LogP contribution is 2.44. The van der Waals surface area contributed by atoms with Crippen LogP contribution in [0.2, 0.25) is 0 Å². The number of hydrogen-bond acceptors (Lipinski definition) is 4. The van der Waals surface area contributed by atoms with Crippen LogP contribution in [0, 0.1) is 0 Å². The number of carbonyl (C=O) groups is 1. The third kappa shape index (κ3) is 5.01. The number of carboxylic acid groups (broad SMARTS) is 1. The Balaban J connectivity index is 1.46. The predicted molar refractivity (Wildman–Crippen MR) is 123 cm³/mol. The van der Waals surface area contributed by atoms with Crippen LogP contribution < -0.4 is 4.74 Å². The number of aliphatic carboxylic acids is 1. The third-order valence-corrected chi connectivity index (χ3v) is 6.25. The highest BCUT2D eigenvalue weighted by molar-refractivity contribution is 7.99. The van der Waals surface area contributed by atoms with Crippen molar-refractivity contribution in [2.45, 2.75) is 29.2 Å². The average Bonchev–Trinajstić information content (AvgIpc) is 2.79. The lowest BCUT2D eigenvalue weighted by Gasteiger charge is -2.22. The SMILES string of the molecule is CCOC(Cc1ccc(OCC=C2c3ccccc3Sc3ccccc32)cc1)C(=O)O. The van der Waals surface area contributed by atoms with Crippen LogP contribution in [0.5, 0.6) is 5.75 Å².